The van der Waals surface area contributed by atoms with E-state index in [1.807, 2.05) is 0 Å². The molecule has 0 heterocycles. The normalized spacial score (nSPS) is 16.6. The quantitative estimate of drug-likeness (QED) is 0.816. The molecule has 1 aliphatic rings. The number of hydrogen-bond acceptors (Lipinski definition) is 2. The van der Waals surface area contributed by atoms with Gasteiger partial charge in [0, 0.05) is 17.3 Å². The van der Waals surface area contributed by atoms with Crippen molar-refractivity contribution < 1.29 is 13.9 Å². The lowest BCUT2D eigenvalue weighted by Gasteiger charge is -2.25. The van der Waals surface area contributed by atoms with Gasteiger partial charge in [0.05, 0.1) is 0 Å². The highest BCUT2D eigenvalue weighted by atomic mass is 79.9. The van der Waals surface area contributed by atoms with Crippen LogP contribution in [-0.2, 0) is 4.79 Å². The third-order valence-electron chi connectivity index (χ3n) is 2.10. The van der Waals surface area contributed by atoms with E-state index in [0.29, 0.717) is 17.3 Å². The van der Waals surface area contributed by atoms with Gasteiger partial charge in [0.1, 0.15) is 11.9 Å². The van der Waals surface area contributed by atoms with E-state index in [1.54, 1.807) is 12.1 Å². The molecule has 0 unspecified atom stereocenters. The smallest absolute Gasteiger partial charge is 0.166 e. The van der Waals surface area contributed by atoms with Crippen molar-refractivity contribution in [2.75, 3.05) is 0 Å². The highest BCUT2D eigenvalue weighted by Crippen LogP contribution is 2.26. The lowest BCUT2D eigenvalue weighted by Crippen LogP contribution is -2.33. The number of carbonyl (C=O) groups excluding carboxylic acids is 1. The Morgan fingerprint density at radius 1 is 1.43 bits per heavy atom. The molecule has 74 valence electrons. The van der Waals surface area contributed by atoms with Gasteiger partial charge in [-0.25, -0.2) is 4.39 Å². The van der Waals surface area contributed by atoms with E-state index < -0.39 is 5.82 Å². The topological polar surface area (TPSA) is 26.3 Å². The van der Waals surface area contributed by atoms with Crippen molar-refractivity contribution in [1.29, 1.82) is 0 Å². The molecule has 0 atom stereocenters. The Balaban J connectivity index is 2.06. The zero-order valence-corrected chi connectivity index (χ0v) is 8.88. The fourth-order valence-corrected chi connectivity index (χ4v) is 1.61. The van der Waals surface area contributed by atoms with Gasteiger partial charge in [-0.2, -0.15) is 0 Å². The summed E-state index contributed by atoms with van der Waals surface area (Å²) in [4.78, 5) is 10.7. The maximum Gasteiger partial charge on any atom is 0.166 e. The first kappa shape index (κ1) is 9.65. The minimum Gasteiger partial charge on any atom is -0.486 e. The second-order valence-electron chi connectivity index (χ2n) is 3.26. The highest BCUT2D eigenvalue weighted by Gasteiger charge is 2.28. The molecule has 1 aromatic carbocycles. The molecule has 4 heteroatoms. The summed E-state index contributed by atoms with van der Waals surface area (Å²) < 4.78 is 19.2. The standard InChI is InChI=1S/C10H8BrFO2/c11-6-1-2-10(9(12)3-6)14-8-4-7(13)5-8/h1-3,8H,4-5H2. The van der Waals surface area contributed by atoms with Gasteiger partial charge in [0.25, 0.3) is 0 Å². The molecule has 0 spiro atoms. The van der Waals surface area contributed by atoms with E-state index in [-0.39, 0.29) is 17.6 Å². The van der Waals surface area contributed by atoms with Crippen LogP contribution in [0, 0.1) is 5.82 Å². The van der Waals surface area contributed by atoms with E-state index in [1.165, 1.54) is 6.07 Å². The number of ether oxygens (including phenoxy) is 1. The molecule has 0 radical (unpaired) electrons. The van der Waals surface area contributed by atoms with E-state index in [2.05, 4.69) is 15.9 Å². The Hall–Kier alpha value is -0.900. The van der Waals surface area contributed by atoms with Gasteiger partial charge in [0.2, 0.25) is 0 Å². The van der Waals surface area contributed by atoms with E-state index in [0.717, 1.165) is 0 Å². The SMILES string of the molecule is O=C1CC(Oc2ccc(Br)cc2F)C1. The summed E-state index contributed by atoms with van der Waals surface area (Å²) in [6, 6.07) is 4.61. The predicted molar refractivity (Wildman–Crippen MR) is 52.8 cm³/mol. The van der Waals surface area contributed by atoms with Gasteiger partial charge in [-0.05, 0) is 18.2 Å². The summed E-state index contributed by atoms with van der Waals surface area (Å²) in [7, 11) is 0. The van der Waals surface area contributed by atoms with Crippen LogP contribution in [0.25, 0.3) is 0 Å². The van der Waals surface area contributed by atoms with Crippen LogP contribution in [0.2, 0.25) is 0 Å². The zero-order chi connectivity index (χ0) is 10.1. The zero-order valence-electron chi connectivity index (χ0n) is 7.30. The van der Waals surface area contributed by atoms with Gasteiger partial charge in [0.15, 0.2) is 11.6 Å². The fraction of sp³-hybridized carbons (Fsp3) is 0.300. The molecule has 14 heavy (non-hydrogen) atoms. The Morgan fingerprint density at radius 2 is 2.14 bits per heavy atom. The van der Waals surface area contributed by atoms with Crippen molar-refractivity contribution >= 4 is 21.7 Å². The Bertz CT molecular complexity index is 370. The number of hydrogen-bond donors (Lipinski definition) is 0. The van der Waals surface area contributed by atoms with Gasteiger partial charge in [-0.15, -0.1) is 0 Å². The molecule has 0 saturated heterocycles. The maximum atomic E-state index is 13.2. The van der Waals surface area contributed by atoms with Crippen molar-refractivity contribution in [3.05, 3.63) is 28.5 Å². The van der Waals surface area contributed by atoms with Crippen molar-refractivity contribution in [3.8, 4) is 5.75 Å². The van der Waals surface area contributed by atoms with Crippen LogP contribution < -0.4 is 4.74 Å². The lowest BCUT2D eigenvalue weighted by atomic mass is 9.94. The third kappa shape index (κ3) is 1.95. The van der Waals surface area contributed by atoms with Crippen LogP contribution >= 0.6 is 15.9 Å². The summed E-state index contributed by atoms with van der Waals surface area (Å²) in [5, 5.41) is 0. The molecular formula is C10H8BrFO2. The minimum absolute atomic E-state index is 0.141. The van der Waals surface area contributed by atoms with Gasteiger partial charge >= 0.3 is 0 Å². The Kier molecular flexibility index (Phi) is 2.54. The monoisotopic (exact) mass is 258 g/mol. The molecule has 1 aliphatic carbocycles. The molecule has 0 aliphatic heterocycles. The molecule has 0 aromatic heterocycles. The largest absolute Gasteiger partial charge is 0.486 e. The van der Waals surface area contributed by atoms with Gasteiger partial charge < -0.3 is 4.74 Å². The molecule has 1 saturated carbocycles. The molecule has 0 bridgehead atoms. The summed E-state index contributed by atoms with van der Waals surface area (Å²) in [6.07, 6.45) is 0.656. The van der Waals surface area contributed by atoms with E-state index in [9.17, 15) is 9.18 Å². The third-order valence-corrected chi connectivity index (χ3v) is 2.59. The number of rotatable bonds is 2. The van der Waals surface area contributed by atoms with Crippen molar-refractivity contribution in [2.24, 2.45) is 0 Å². The number of Topliss-reactive ketones (excluding diaryl/α,β-unsaturated/α-hetero) is 1. The second-order valence-corrected chi connectivity index (χ2v) is 4.18. The van der Waals surface area contributed by atoms with Crippen molar-refractivity contribution in [3.63, 3.8) is 0 Å². The molecule has 0 amide bonds. The number of benzene rings is 1. The van der Waals surface area contributed by atoms with Crippen molar-refractivity contribution in [1.82, 2.24) is 0 Å². The number of ketones is 1. The molecule has 2 rings (SSSR count). The summed E-state index contributed by atoms with van der Waals surface area (Å²) in [6.45, 7) is 0. The van der Waals surface area contributed by atoms with Crippen LogP contribution in [-0.4, -0.2) is 11.9 Å². The molecule has 2 nitrogen and oxygen atoms in total. The van der Waals surface area contributed by atoms with Crippen LogP contribution in [0.5, 0.6) is 5.75 Å². The average molecular weight is 259 g/mol. The van der Waals surface area contributed by atoms with Crippen LogP contribution in [0.15, 0.2) is 22.7 Å². The van der Waals surface area contributed by atoms with Gasteiger partial charge in [-0.3, -0.25) is 4.79 Å². The molecule has 1 aromatic rings. The summed E-state index contributed by atoms with van der Waals surface area (Å²) in [5.41, 5.74) is 0. The highest BCUT2D eigenvalue weighted by molar-refractivity contribution is 9.10. The van der Waals surface area contributed by atoms with Gasteiger partial charge in [-0.1, -0.05) is 15.9 Å². The summed E-state index contributed by atoms with van der Waals surface area (Å²) >= 11 is 3.15. The van der Waals surface area contributed by atoms with Crippen LogP contribution in [0.3, 0.4) is 0 Å². The number of carbonyl (C=O) groups is 1. The number of halogens is 2. The van der Waals surface area contributed by atoms with E-state index >= 15 is 0 Å². The minimum atomic E-state index is -0.404. The second kappa shape index (κ2) is 3.69. The van der Waals surface area contributed by atoms with Crippen molar-refractivity contribution in [2.45, 2.75) is 18.9 Å². The molecular weight excluding hydrogens is 251 g/mol. The first-order valence-electron chi connectivity index (χ1n) is 4.28. The fourth-order valence-electron chi connectivity index (χ4n) is 1.28. The lowest BCUT2D eigenvalue weighted by molar-refractivity contribution is -0.129. The predicted octanol–water partition coefficient (Wildman–Crippen LogP) is 2.70. The molecule has 1 fully saturated rings. The molecule has 0 N–H and O–H groups in total. The van der Waals surface area contributed by atoms with Crippen LogP contribution in [0.4, 0.5) is 4.39 Å². The Morgan fingerprint density at radius 3 is 2.71 bits per heavy atom. The first-order valence-corrected chi connectivity index (χ1v) is 5.08. The average Bonchev–Trinajstić information content (AvgIpc) is 2.06. The first-order chi connectivity index (χ1) is 6.65. The van der Waals surface area contributed by atoms with Crippen LogP contribution in [0.1, 0.15) is 12.8 Å². The van der Waals surface area contributed by atoms with E-state index in [4.69, 9.17) is 4.74 Å². The summed E-state index contributed by atoms with van der Waals surface area (Å²) in [5.74, 6) is -0.0167. The maximum absolute atomic E-state index is 13.2. The Labute approximate surface area is 89.2 Å².